The van der Waals surface area contributed by atoms with E-state index in [1.165, 1.54) is 0 Å². The van der Waals surface area contributed by atoms with Crippen LogP contribution in [0, 0.1) is 5.92 Å². The minimum atomic E-state index is 0.0302. The Hall–Kier alpha value is -2.08. The first kappa shape index (κ1) is 14.8. The molecule has 118 valence electrons. The molecule has 1 amide bonds. The van der Waals surface area contributed by atoms with E-state index < -0.39 is 0 Å². The first-order valence-electron chi connectivity index (χ1n) is 7.78. The first-order chi connectivity index (χ1) is 10.7. The van der Waals surface area contributed by atoms with Crippen LogP contribution in [0.15, 0.2) is 28.7 Å². The van der Waals surface area contributed by atoms with Gasteiger partial charge in [0.05, 0.1) is 0 Å². The highest BCUT2D eigenvalue weighted by Gasteiger charge is 2.27. The van der Waals surface area contributed by atoms with Crippen molar-refractivity contribution < 1.29 is 9.21 Å². The van der Waals surface area contributed by atoms with Crippen molar-refractivity contribution in [3.63, 3.8) is 0 Å². The number of hydrogen-bond acceptors (Lipinski definition) is 5. The van der Waals surface area contributed by atoms with Crippen LogP contribution in [0.3, 0.4) is 0 Å². The lowest BCUT2D eigenvalue weighted by atomic mass is 9.96. The Balaban J connectivity index is 1.60. The van der Waals surface area contributed by atoms with Crippen LogP contribution in [-0.2, 0) is 4.79 Å². The number of carbonyl (C=O) groups is 1. The molecule has 0 saturated carbocycles. The third-order valence-corrected chi connectivity index (χ3v) is 4.16. The van der Waals surface area contributed by atoms with Crippen molar-refractivity contribution in [3.05, 3.63) is 24.3 Å². The van der Waals surface area contributed by atoms with Gasteiger partial charge in [0.25, 0.3) is 6.01 Å². The molecule has 6 nitrogen and oxygen atoms in total. The maximum absolute atomic E-state index is 12.1. The van der Waals surface area contributed by atoms with E-state index >= 15 is 0 Å². The van der Waals surface area contributed by atoms with Gasteiger partial charge in [-0.1, -0.05) is 12.1 Å². The Labute approximate surface area is 129 Å². The maximum Gasteiger partial charge on any atom is 0.298 e. The number of anilines is 1. The average molecular weight is 302 g/mol. The van der Waals surface area contributed by atoms with Crippen LogP contribution in [0.5, 0.6) is 0 Å². The zero-order valence-electron chi connectivity index (χ0n) is 12.8. The Kier molecular flexibility index (Phi) is 4.29. The number of aromatic nitrogens is 1. The predicted octanol–water partition coefficient (Wildman–Crippen LogP) is 1.51. The monoisotopic (exact) mass is 302 g/mol. The first-order valence-corrected chi connectivity index (χ1v) is 7.78. The molecular weight excluding hydrogens is 280 g/mol. The molecule has 0 bridgehead atoms. The van der Waals surface area contributed by atoms with Crippen molar-refractivity contribution in [1.29, 1.82) is 0 Å². The Bertz CT molecular complexity index is 613. The van der Waals surface area contributed by atoms with Gasteiger partial charge in [0.1, 0.15) is 5.52 Å². The fourth-order valence-electron chi connectivity index (χ4n) is 2.75. The van der Waals surface area contributed by atoms with E-state index in [1.54, 1.807) is 0 Å². The molecule has 3 rings (SSSR count). The summed E-state index contributed by atoms with van der Waals surface area (Å²) in [5.41, 5.74) is 7.21. The molecule has 1 atom stereocenters. The number of oxazole rings is 1. The van der Waals surface area contributed by atoms with E-state index in [-0.39, 0.29) is 17.9 Å². The van der Waals surface area contributed by atoms with Crippen molar-refractivity contribution in [2.24, 2.45) is 11.7 Å². The summed E-state index contributed by atoms with van der Waals surface area (Å²) in [6.45, 7) is 3.95. The average Bonchev–Trinajstić information content (AvgIpc) is 2.98. The van der Waals surface area contributed by atoms with E-state index in [9.17, 15) is 4.79 Å². The van der Waals surface area contributed by atoms with E-state index in [0.29, 0.717) is 12.6 Å². The predicted molar refractivity (Wildman–Crippen MR) is 85.6 cm³/mol. The van der Waals surface area contributed by atoms with Crippen LogP contribution < -0.4 is 16.0 Å². The minimum Gasteiger partial charge on any atom is -0.423 e. The van der Waals surface area contributed by atoms with Crippen LogP contribution >= 0.6 is 0 Å². The van der Waals surface area contributed by atoms with E-state index in [1.807, 2.05) is 31.2 Å². The fraction of sp³-hybridized carbons (Fsp3) is 0.500. The molecule has 22 heavy (non-hydrogen) atoms. The third-order valence-electron chi connectivity index (χ3n) is 4.16. The molecule has 0 spiro atoms. The molecule has 1 fully saturated rings. The maximum atomic E-state index is 12.1. The van der Waals surface area contributed by atoms with Crippen LogP contribution in [-0.4, -0.2) is 36.6 Å². The Morgan fingerprint density at radius 3 is 2.86 bits per heavy atom. The number of benzene rings is 1. The number of para-hydroxylation sites is 2. The summed E-state index contributed by atoms with van der Waals surface area (Å²) in [6, 6.07) is 8.42. The number of fused-ring (bicyclic) bond motifs is 1. The van der Waals surface area contributed by atoms with Crippen molar-refractivity contribution in [3.8, 4) is 0 Å². The number of carbonyl (C=O) groups excluding carboxylic acids is 1. The Morgan fingerprint density at radius 2 is 2.18 bits per heavy atom. The van der Waals surface area contributed by atoms with Crippen LogP contribution in [0.1, 0.15) is 19.8 Å². The molecule has 1 aromatic heterocycles. The van der Waals surface area contributed by atoms with Gasteiger partial charge in [0, 0.05) is 31.6 Å². The summed E-state index contributed by atoms with van der Waals surface area (Å²) in [5.74, 6) is 0.157. The highest BCUT2D eigenvalue weighted by molar-refractivity contribution is 5.79. The standard InChI is InChI=1S/C16H22N4O2/c1-11(10-17)18-15(21)12-6-8-20(9-7-12)16-19-13-4-2-3-5-14(13)22-16/h2-5,11-12H,6-10,17H2,1H3,(H,18,21)/t11-/m0/s1. The molecule has 1 saturated heterocycles. The van der Waals surface area contributed by atoms with E-state index in [0.717, 1.165) is 37.0 Å². The Morgan fingerprint density at radius 1 is 1.45 bits per heavy atom. The lowest BCUT2D eigenvalue weighted by Crippen LogP contribution is -2.45. The molecule has 2 heterocycles. The topological polar surface area (TPSA) is 84.4 Å². The minimum absolute atomic E-state index is 0.0302. The molecule has 0 aliphatic carbocycles. The number of nitrogens with one attached hydrogen (secondary N) is 1. The number of amides is 1. The molecular formula is C16H22N4O2. The zero-order chi connectivity index (χ0) is 15.5. The van der Waals surface area contributed by atoms with Gasteiger partial charge in [-0.3, -0.25) is 4.79 Å². The second-order valence-electron chi connectivity index (χ2n) is 5.87. The molecule has 6 heteroatoms. The summed E-state index contributed by atoms with van der Waals surface area (Å²) in [7, 11) is 0. The quantitative estimate of drug-likeness (QED) is 0.894. The zero-order valence-corrected chi connectivity index (χ0v) is 12.8. The molecule has 0 radical (unpaired) electrons. The van der Waals surface area contributed by atoms with Gasteiger partial charge < -0.3 is 20.4 Å². The van der Waals surface area contributed by atoms with Crippen LogP contribution in [0.2, 0.25) is 0 Å². The largest absolute Gasteiger partial charge is 0.423 e. The van der Waals surface area contributed by atoms with Crippen LogP contribution in [0.4, 0.5) is 6.01 Å². The highest BCUT2D eigenvalue weighted by Crippen LogP contribution is 2.26. The summed E-state index contributed by atoms with van der Waals surface area (Å²) >= 11 is 0. The smallest absolute Gasteiger partial charge is 0.298 e. The molecule has 3 N–H and O–H groups in total. The SMILES string of the molecule is C[C@@H](CN)NC(=O)C1CCN(c2nc3ccccc3o2)CC1. The van der Waals surface area contributed by atoms with Gasteiger partial charge in [0.2, 0.25) is 5.91 Å². The normalized spacial score (nSPS) is 17.6. The second-order valence-corrected chi connectivity index (χ2v) is 5.87. The molecule has 1 aliphatic rings. The van der Waals surface area contributed by atoms with Crippen molar-refractivity contribution >= 4 is 23.0 Å². The lowest BCUT2D eigenvalue weighted by Gasteiger charge is -2.30. The lowest BCUT2D eigenvalue weighted by molar-refractivity contribution is -0.126. The van der Waals surface area contributed by atoms with Gasteiger partial charge in [-0.2, -0.15) is 4.98 Å². The van der Waals surface area contributed by atoms with Crippen LogP contribution in [0.25, 0.3) is 11.1 Å². The summed E-state index contributed by atoms with van der Waals surface area (Å²) in [5, 5.41) is 2.95. The third kappa shape index (κ3) is 3.06. The molecule has 2 aromatic rings. The molecule has 1 aromatic carbocycles. The van der Waals surface area contributed by atoms with E-state index in [4.69, 9.17) is 10.2 Å². The van der Waals surface area contributed by atoms with Gasteiger partial charge in [-0.25, -0.2) is 0 Å². The number of nitrogens with zero attached hydrogens (tertiary/aromatic N) is 2. The summed E-state index contributed by atoms with van der Waals surface area (Å²) in [4.78, 5) is 18.7. The van der Waals surface area contributed by atoms with Gasteiger partial charge in [0.15, 0.2) is 5.58 Å². The summed E-state index contributed by atoms with van der Waals surface area (Å²) in [6.07, 6.45) is 1.61. The summed E-state index contributed by atoms with van der Waals surface area (Å²) < 4.78 is 5.78. The van der Waals surface area contributed by atoms with Crippen molar-refractivity contribution in [2.45, 2.75) is 25.8 Å². The number of hydrogen-bond donors (Lipinski definition) is 2. The van der Waals surface area contributed by atoms with Crippen molar-refractivity contribution in [1.82, 2.24) is 10.3 Å². The van der Waals surface area contributed by atoms with Gasteiger partial charge in [-0.05, 0) is 31.9 Å². The number of nitrogens with two attached hydrogens (primary N) is 1. The van der Waals surface area contributed by atoms with Gasteiger partial charge >= 0.3 is 0 Å². The molecule has 0 unspecified atom stereocenters. The van der Waals surface area contributed by atoms with E-state index in [2.05, 4.69) is 15.2 Å². The number of rotatable bonds is 4. The van der Waals surface area contributed by atoms with Gasteiger partial charge in [-0.15, -0.1) is 0 Å². The second kappa shape index (κ2) is 6.36. The van der Waals surface area contributed by atoms with Crippen molar-refractivity contribution in [2.75, 3.05) is 24.5 Å². The highest BCUT2D eigenvalue weighted by atomic mass is 16.4. The molecule has 1 aliphatic heterocycles. The number of piperidine rings is 1. The fourth-order valence-corrected chi connectivity index (χ4v) is 2.75.